The van der Waals surface area contributed by atoms with Gasteiger partial charge in [0.2, 0.25) is 0 Å². The molecule has 5 unspecified atom stereocenters. The average molecular weight is 209 g/mol. The summed E-state index contributed by atoms with van der Waals surface area (Å²) >= 11 is 0. The highest BCUT2D eigenvalue weighted by Crippen LogP contribution is 2.52. The Balaban J connectivity index is 1.83. The van der Waals surface area contributed by atoms with Gasteiger partial charge in [-0.2, -0.15) is 0 Å². The van der Waals surface area contributed by atoms with Crippen molar-refractivity contribution in [3.8, 4) is 0 Å². The average Bonchev–Trinajstić information content (AvgIpc) is 2.75. The topological polar surface area (TPSA) is 40.5 Å². The number of hydrogen-bond acceptors (Lipinski definition) is 2. The van der Waals surface area contributed by atoms with E-state index in [1.807, 2.05) is 0 Å². The Morgan fingerprint density at radius 2 is 2.00 bits per heavy atom. The van der Waals surface area contributed by atoms with Crippen molar-refractivity contribution in [2.75, 3.05) is 6.54 Å². The number of carboxylic acid groups (broad SMARTS) is 1. The van der Waals surface area contributed by atoms with Gasteiger partial charge in [-0.05, 0) is 44.4 Å². The van der Waals surface area contributed by atoms with E-state index in [1.165, 1.54) is 19.3 Å². The summed E-state index contributed by atoms with van der Waals surface area (Å²) < 4.78 is 0. The van der Waals surface area contributed by atoms with E-state index in [4.69, 9.17) is 0 Å². The third-order valence-corrected chi connectivity index (χ3v) is 4.91. The second-order valence-corrected chi connectivity index (χ2v) is 5.56. The summed E-state index contributed by atoms with van der Waals surface area (Å²) in [5, 5.41) is 9.33. The van der Waals surface area contributed by atoms with Crippen LogP contribution in [0.5, 0.6) is 0 Å². The molecule has 3 nitrogen and oxygen atoms in total. The van der Waals surface area contributed by atoms with Crippen LogP contribution in [-0.2, 0) is 4.79 Å². The molecule has 84 valence electrons. The Hall–Kier alpha value is -0.570. The van der Waals surface area contributed by atoms with E-state index in [0.29, 0.717) is 23.9 Å². The summed E-state index contributed by atoms with van der Waals surface area (Å²) in [5.41, 5.74) is 0. The minimum absolute atomic E-state index is 0.0634. The van der Waals surface area contributed by atoms with Gasteiger partial charge in [0.25, 0.3) is 0 Å². The lowest BCUT2D eigenvalue weighted by Gasteiger charge is -2.48. The highest BCUT2D eigenvalue weighted by molar-refractivity contribution is 5.72. The molecule has 2 bridgehead atoms. The van der Waals surface area contributed by atoms with Crippen molar-refractivity contribution in [2.24, 2.45) is 17.8 Å². The second-order valence-electron chi connectivity index (χ2n) is 5.56. The number of carboxylic acids is 1. The van der Waals surface area contributed by atoms with Gasteiger partial charge in [0.15, 0.2) is 0 Å². The lowest BCUT2D eigenvalue weighted by atomic mass is 9.81. The van der Waals surface area contributed by atoms with Gasteiger partial charge < -0.3 is 5.11 Å². The van der Waals surface area contributed by atoms with Crippen LogP contribution in [0.4, 0.5) is 0 Å². The smallest absolute Gasteiger partial charge is 0.308 e. The van der Waals surface area contributed by atoms with Gasteiger partial charge in [0, 0.05) is 18.6 Å². The minimum atomic E-state index is -0.550. The van der Waals surface area contributed by atoms with E-state index < -0.39 is 5.97 Å². The van der Waals surface area contributed by atoms with Crippen LogP contribution >= 0.6 is 0 Å². The van der Waals surface area contributed by atoms with Crippen molar-refractivity contribution in [1.82, 2.24) is 4.90 Å². The Labute approximate surface area is 90.5 Å². The molecule has 0 amide bonds. The van der Waals surface area contributed by atoms with Crippen LogP contribution in [0, 0.1) is 17.8 Å². The van der Waals surface area contributed by atoms with Gasteiger partial charge >= 0.3 is 5.97 Å². The highest BCUT2D eigenvalue weighted by Gasteiger charge is 2.54. The zero-order valence-corrected chi connectivity index (χ0v) is 9.22. The Kier molecular flexibility index (Phi) is 2.06. The zero-order chi connectivity index (χ0) is 10.6. The largest absolute Gasteiger partial charge is 0.481 e. The van der Waals surface area contributed by atoms with E-state index >= 15 is 0 Å². The van der Waals surface area contributed by atoms with E-state index in [0.717, 1.165) is 13.0 Å². The van der Waals surface area contributed by atoms with Crippen LogP contribution in [0.15, 0.2) is 0 Å². The molecule has 0 aromatic rings. The number of likely N-dealkylation sites (tertiary alicyclic amines) is 1. The molecule has 2 saturated carbocycles. The fourth-order valence-corrected chi connectivity index (χ4v) is 4.07. The van der Waals surface area contributed by atoms with Crippen LogP contribution in [0.2, 0.25) is 0 Å². The van der Waals surface area contributed by atoms with Crippen molar-refractivity contribution >= 4 is 5.97 Å². The number of aliphatic carboxylic acids is 1. The summed E-state index contributed by atoms with van der Waals surface area (Å²) in [7, 11) is 0. The van der Waals surface area contributed by atoms with Gasteiger partial charge in [-0.25, -0.2) is 0 Å². The molecule has 5 atom stereocenters. The molecule has 2 aliphatic carbocycles. The molecule has 1 N–H and O–H groups in total. The van der Waals surface area contributed by atoms with Crippen LogP contribution in [-0.4, -0.2) is 34.6 Å². The highest BCUT2D eigenvalue weighted by atomic mass is 16.4. The summed E-state index contributed by atoms with van der Waals surface area (Å²) in [5.74, 6) is 0.543. The van der Waals surface area contributed by atoms with Crippen molar-refractivity contribution < 1.29 is 9.90 Å². The molecular formula is C12H19NO2. The molecule has 1 saturated heterocycles. The fourth-order valence-electron chi connectivity index (χ4n) is 4.07. The van der Waals surface area contributed by atoms with E-state index in [-0.39, 0.29) is 5.92 Å². The van der Waals surface area contributed by atoms with Crippen LogP contribution in [0.1, 0.15) is 32.6 Å². The number of rotatable bonds is 2. The molecule has 15 heavy (non-hydrogen) atoms. The third kappa shape index (κ3) is 1.25. The molecule has 3 fully saturated rings. The predicted molar refractivity (Wildman–Crippen MR) is 56.5 cm³/mol. The Morgan fingerprint density at radius 3 is 2.53 bits per heavy atom. The molecule has 0 aromatic heterocycles. The molecule has 0 aromatic carbocycles. The molecule has 0 spiro atoms. The predicted octanol–water partition coefficient (Wildman–Crippen LogP) is 1.58. The molecular weight excluding hydrogens is 190 g/mol. The van der Waals surface area contributed by atoms with Crippen LogP contribution in [0.25, 0.3) is 0 Å². The van der Waals surface area contributed by atoms with Gasteiger partial charge in [-0.15, -0.1) is 0 Å². The molecule has 3 heteroatoms. The fraction of sp³-hybridized carbons (Fsp3) is 0.917. The zero-order valence-electron chi connectivity index (χ0n) is 9.22. The van der Waals surface area contributed by atoms with E-state index in [2.05, 4.69) is 11.8 Å². The maximum Gasteiger partial charge on any atom is 0.308 e. The summed E-state index contributed by atoms with van der Waals surface area (Å²) in [6.45, 7) is 3.35. The number of nitrogens with zero attached hydrogens (tertiary/aromatic N) is 1. The standard InChI is InChI=1S/C12H19NO2/c1-7-4-5-13(7)11-9-3-2-8(6-9)10(11)12(14)15/h7-11H,2-6H2,1H3,(H,14,15). The first-order valence-corrected chi connectivity index (χ1v) is 6.17. The monoisotopic (exact) mass is 209 g/mol. The summed E-state index contributed by atoms with van der Waals surface area (Å²) in [6.07, 6.45) is 4.84. The Bertz CT molecular complexity index is 291. The molecule has 0 radical (unpaired) electrons. The second kappa shape index (κ2) is 3.21. The van der Waals surface area contributed by atoms with E-state index in [9.17, 15) is 9.90 Å². The van der Waals surface area contributed by atoms with Gasteiger partial charge in [0.1, 0.15) is 0 Å². The first-order valence-electron chi connectivity index (χ1n) is 6.17. The van der Waals surface area contributed by atoms with Crippen molar-refractivity contribution in [3.63, 3.8) is 0 Å². The lowest BCUT2D eigenvalue weighted by Crippen LogP contribution is -2.57. The number of hydrogen-bond donors (Lipinski definition) is 1. The first-order chi connectivity index (χ1) is 7.18. The SMILES string of the molecule is CC1CCN1C1C2CCC(C2)C1C(=O)O. The summed E-state index contributed by atoms with van der Waals surface area (Å²) in [6, 6.07) is 0.987. The van der Waals surface area contributed by atoms with Gasteiger partial charge in [0.05, 0.1) is 5.92 Å². The quantitative estimate of drug-likeness (QED) is 0.750. The first kappa shape index (κ1) is 9.64. The minimum Gasteiger partial charge on any atom is -0.481 e. The Morgan fingerprint density at radius 1 is 1.27 bits per heavy atom. The molecule has 1 aliphatic heterocycles. The number of carbonyl (C=O) groups is 1. The van der Waals surface area contributed by atoms with Gasteiger partial charge in [-0.3, -0.25) is 9.69 Å². The maximum atomic E-state index is 11.3. The molecule has 3 aliphatic rings. The normalized spacial score (nSPS) is 49.3. The van der Waals surface area contributed by atoms with Crippen molar-refractivity contribution in [1.29, 1.82) is 0 Å². The summed E-state index contributed by atoms with van der Waals surface area (Å²) in [4.78, 5) is 13.8. The van der Waals surface area contributed by atoms with Crippen molar-refractivity contribution in [3.05, 3.63) is 0 Å². The number of fused-ring (bicyclic) bond motifs is 2. The van der Waals surface area contributed by atoms with Crippen LogP contribution in [0.3, 0.4) is 0 Å². The lowest BCUT2D eigenvalue weighted by molar-refractivity contribution is -0.148. The van der Waals surface area contributed by atoms with Gasteiger partial charge in [-0.1, -0.05) is 0 Å². The van der Waals surface area contributed by atoms with E-state index in [1.54, 1.807) is 0 Å². The van der Waals surface area contributed by atoms with Crippen molar-refractivity contribution in [2.45, 2.75) is 44.7 Å². The third-order valence-electron chi connectivity index (χ3n) is 4.91. The molecule has 1 heterocycles. The molecule has 3 rings (SSSR count). The van der Waals surface area contributed by atoms with Crippen LogP contribution < -0.4 is 0 Å². The maximum absolute atomic E-state index is 11.3.